The van der Waals surface area contributed by atoms with Crippen molar-refractivity contribution in [2.24, 2.45) is 0 Å². The summed E-state index contributed by atoms with van der Waals surface area (Å²) in [4.78, 5) is 11.2. The van der Waals surface area contributed by atoms with Gasteiger partial charge in [-0.1, -0.05) is 18.2 Å². The van der Waals surface area contributed by atoms with Gasteiger partial charge in [0.1, 0.15) is 5.75 Å². The van der Waals surface area contributed by atoms with Gasteiger partial charge in [0.25, 0.3) is 0 Å². The van der Waals surface area contributed by atoms with Crippen LogP contribution in [-0.4, -0.2) is 36.5 Å². The van der Waals surface area contributed by atoms with Gasteiger partial charge in [-0.2, -0.15) is 0 Å². The summed E-state index contributed by atoms with van der Waals surface area (Å²) >= 11 is 0. The van der Waals surface area contributed by atoms with Crippen LogP contribution >= 0.6 is 0 Å². The van der Waals surface area contributed by atoms with Crippen molar-refractivity contribution >= 4 is 5.97 Å². The number of hydrogen-bond donors (Lipinski definition) is 2. The van der Waals surface area contributed by atoms with E-state index in [9.17, 15) is 9.90 Å². The standard InChI is InChI=1S/C15H22O5/c1-19-15(18)11-13(17)12-7-3-4-8-14(12)20-10-6-2-5-9-16/h3-4,7-8,13,16-17H,2,5-6,9-11H2,1H3. The number of esters is 1. The van der Waals surface area contributed by atoms with E-state index in [2.05, 4.69) is 4.74 Å². The molecule has 20 heavy (non-hydrogen) atoms. The molecule has 0 heterocycles. The predicted octanol–water partition coefficient (Wildman–Crippen LogP) is 1.82. The minimum absolute atomic E-state index is 0.0958. The van der Waals surface area contributed by atoms with E-state index in [0.29, 0.717) is 17.9 Å². The third-order valence-electron chi connectivity index (χ3n) is 2.93. The molecule has 2 N–H and O–H groups in total. The highest BCUT2D eigenvalue weighted by molar-refractivity contribution is 5.70. The minimum Gasteiger partial charge on any atom is -0.493 e. The van der Waals surface area contributed by atoms with Gasteiger partial charge in [-0.15, -0.1) is 0 Å². The van der Waals surface area contributed by atoms with Gasteiger partial charge in [-0.3, -0.25) is 4.79 Å². The second kappa shape index (κ2) is 9.34. The fourth-order valence-corrected chi connectivity index (χ4v) is 1.81. The molecule has 5 heteroatoms. The van der Waals surface area contributed by atoms with Gasteiger partial charge < -0.3 is 19.7 Å². The molecule has 0 aliphatic heterocycles. The molecule has 0 aromatic heterocycles. The van der Waals surface area contributed by atoms with Gasteiger partial charge in [0.15, 0.2) is 0 Å². The zero-order valence-corrected chi connectivity index (χ0v) is 11.7. The predicted molar refractivity (Wildman–Crippen MR) is 74.5 cm³/mol. The van der Waals surface area contributed by atoms with Gasteiger partial charge >= 0.3 is 5.97 Å². The maximum absolute atomic E-state index is 11.2. The topological polar surface area (TPSA) is 76.0 Å². The van der Waals surface area contributed by atoms with E-state index in [1.54, 1.807) is 18.2 Å². The summed E-state index contributed by atoms with van der Waals surface area (Å²) in [5.41, 5.74) is 0.583. The Morgan fingerprint density at radius 1 is 1.25 bits per heavy atom. The molecule has 0 spiro atoms. The molecular formula is C15H22O5. The summed E-state index contributed by atoms with van der Waals surface area (Å²) in [6.07, 6.45) is 1.46. The van der Waals surface area contributed by atoms with E-state index in [4.69, 9.17) is 9.84 Å². The highest BCUT2D eigenvalue weighted by Crippen LogP contribution is 2.27. The summed E-state index contributed by atoms with van der Waals surface area (Å²) in [6, 6.07) is 7.10. The van der Waals surface area contributed by atoms with Crippen molar-refractivity contribution in [1.82, 2.24) is 0 Å². The molecule has 0 radical (unpaired) electrons. The maximum Gasteiger partial charge on any atom is 0.308 e. The maximum atomic E-state index is 11.2. The molecule has 1 atom stereocenters. The first-order valence-electron chi connectivity index (χ1n) is 6.76. The Balaban J connectivity index is 2.56. The number of unbranched alkanes of at least 4 members (excludes halogenated alkanes) is 2. The Labute approximate surface area is 119 Å². The summed E-state index contributed by atoms with van der Waals surface area (Å²) in [7, 11) is 1.29. The quantitative estimate of drug-likeness (QED) is 0.534. The number of methoxy groups -OCH3 is 1. The molecule has 0 amide bonds. The van der Waals surface area contributed by atoms with Gasteiger partial charge in [0.05, 0.1) is 26.2 Å². The second-order valence-electron chi connectivity index (χ2n) is 4.47. The number of para-hydroxylation sites is 1. The molecule has 5 nitrogen and oxygen atoms in total. The average Bonchev–Trinajstić information content (AvgIpc) is 2.47. The SMILES string of the molecule is COC(=O)CC(O)c1ccccc1OCCCCCO. The van der Waals surface area contributed by atoms with E-state index >= 15 is 0 Å². The summed E-state index contributed by atoms with van der Waals surface area (Å²) in [6.45, 7) is 0.705. The highest BCUT2D eigenvalue weighted by atomic mass is 16.5. The van der Waals surface area contributed by atoms with Crippen molar-refractivity contribution in [2.75, 3.05) is 20.3 Å². The van der Waals surface area contributed by atoms with Crippen molar-refractivity contribution in [1.29, 1.82) is 0 Å². The zero-order chi connectivity index (χ0) is 14.8. The van der Waals surface area contributed by atoms with Gasteiger partial charge in [-0.25, -0.2) is 0 Å². The summed E-state index contributed by atoms with van der Waals surface area (Å²) < 4.78 is 10.2. The number of benzene rings is 1. The van der Waals surface area contributed by atoms with Crippen LogP contribution in [0.2, 0.25) is 0 Å². The van der Waals surface area contributed by atoms with Crippen molar-refractivity contribution in [3.05, 3.63) is 29.8 Å². The average molecular weight is 282 g/mol. The Bertz CT molecular complexity index is 405. The first-order valence-corrected chi connectivity index (χ1v) is 6.76. The number of aliphatic hydroxyl groups excluding tert-OH is 2. The Kier molecular flexibility index (Phi) is 7.69. The van der Waals surface area contributed by atoms with Crippen LogP contribution in [0.3, 0.4) is 0 Å². The summed E-state index contributed by atoms with van der Waals surface area (Å²) in [5.74, 6) is 0.114. The smallest absolute Gasteiger partial charge is 0.308 e. The molecule has 0 aliphatic rings. The number of carbonyl (C=O) groups is 1. The number of aliphatic hydroxyl groups is 2. The monoisotopic (exact) mass is 282 g/mol. The fourth-order valence-electron chi connectivity index (χ4n) is 1.81. The molecule has 0 saturated carbocycles. The molecule has 0 aliphatic carbocycles. The molecule has 1 aromatic rings. The van der Waals surface area contributed by atoms with Crippen LogP contribution < -0.4 is 4.74 Å². The van der Waals surface area contributed by atoms with Crippen LogP contribution in [0, 0.1) is 0 Å². The molecule has 0 fully saturated rings. The van der Waals surface area contributed by atoms with Gasteiger partial charge in [-0.05, 0) is 25.3 Å². The van der Waals surface area contributed by atoms with Crippen LogP contribution in [0.5, 0.6) is 5.75 Å². The Morgan fingerprint density at radius 3 is 2.70 bits per heavy atom. The van der Waals surface area contributed by atoms with Crippen molar-refractivity contribution < 1.29 is 24.5 Å². The van der Waals surface area contributed by atoms with Crippen molar-refractivity contribution in [3.63, 3.8) is 0 Å². The van der Waals surface area contributed by atoms with Crippen LogP contribution in [0.25, 0.3) is 0 Å². The van der Waals surface area contributed by atoms with Crippen molar-refractivity contribution in [3.8, 4) is 5.75 Å². The van der Waals surface area contributed by atoms with Crippen LogP contribution in [0.4, 0.5) is 0 Å². The van der Waals surface area contributed by atoms with E-state index < -0.39 is 12.1 Å². The highest BCUT2D eigenvalue weighted by Gasteiger charge is 2.17. The lowest BCUT2D eigenvalue weighted by Gasteiger charge is -2.15. The first-order chi connectivity index (χ1) is 9.69. The van der Waals surface area contributed by atoms with E-state index in [-0.39, 0.29) is 13.0 Å². The number of rotatable bonds is 9. The third-order valence-corrected chi connectivity index (χ3v) is 2.93. The number of hydrogen-bond acceptors (Lipinski definition) is 5. The van der Waals surface area contributed by atoms with Crippen LogP contribution in [-0.2, 0) is 9.53 Å². The molecule has 0 saturated heterocycles. The van der Waals surface area contributed by atoms with Crippen molar-refractivity contribution in [2.45, 2.75) is 31.8 Å². The lowest BCUT2D eigenvalue weighted by Crippen LogP contribution is -2.10. The molecule has 1 rings (SSSR count). The molecular weight excluding hydrogens is 260 g/mol. The van der Waals surface area contributed by atoms with Crippen LogP contribution in [0.15, 0.2) is 24.3 Å². The zero-order valence-electron chi connectivity index (χ0n) is 11.7. The van der Waals surface area contributed by atoms with Gasteiger partial charge in [0, 0.05) is 12.2 Å². The third kappa shape index (κ3) is 5.59. The second-order valence-corrected chi connectivity index (χ2v) is 4.47. The number of carbonyl (C=O) groups excluding carboxylic acids is 1. The summed E-state index contributed by atoms with van der Waals surface area (Å²) in [5, 5.41) is 18.7. The molecule has 1 unspecified atom stereocenters. The van der Waals surface area contributed by atoms with E-state index in [1.165, 1.54) is 7.11 Å². The molecule has 112 valence electrons. The Hall–Kier alpha value is -1.59. The van der Waals surface area contributed by atoms with E-state index in [0.717, 1.165) is 19.3 Å². The lowest BCUT2D eigenvalue weighted by molar-refractivity contribution is -0.142. The number of ether oxygens (including phenoxy) is 2. The fraction of sp³-hybridized carbons (Fsp3) is 0.533. The Morgan fingerprint density at radius 2 is 2.00 bits per heavy atom. The normalized spacial score (nSPS) is 11.9. The molecule has 0 bridgehead atoms. The van der Waals surface area contributed by atoms with E-state index in [1.807, 2.05) is 6.07 Å². The molecule has 1 aromatic carbocycles. The van der Waals surface area contributed by atoms with Gasteiger partial charge in [0.2, 0.25) is 0 Å². The van der Waals surface area contributed by atoms with Crippen LogP contribution in [0.1, 0.15) is 37.4 Å². The first kappa shape index (κ1) is 16.5. The minimum atomic E-state index is -0.934. The largest absolute Gasteiger partial charge is 0.493 e. The lowest BCUT2D eigenvalue weighted by atomic mass is 10.1.